The van der Waals surface area contributed by atoms with Crippen molar-refractivity contribution < 1.29 is 14.4 Å². The molecule has 0 spiro atoms. The van der Waals surface area contributed by atoms with E-state index in [-0.39, 0.29) is 22.9 Å². The van der Waals surface area contributed by atoms with Crippen LogP contribution >= 0.6 is 0 Å². The number of benzene rings is 2. The highest BCUT2D eigenvalue weighted by molar-refractivity contribution is 6.11. The first-order chi connectivity index (χ1) is 11.5. The minimum atomic E-state index is -0.654. The number of carbonyl (C=O) groups excluding carboxylic acids is 3. The molecule has 0 atom stereocenters. The minimum absolute atomic E-state index is 0.0629. The zero-order valence-corrected chi connectivity index (χ0v) is 13.1. The number of carbonyl (C=O) groups is 3. The van der Waals surface area contributed by atoms with Crippen LogP contribution < -0.4 is 16.4 Å². The Morgan fingerprint density at radius 2 is 1.58 bits per heavy atom. The first-order valence-corrected chi connectivity index (χ1v) is 7.22. The van der Waals surface area contributed by atoms with Gasteiger partial charge in [-0.05, 0) is 23.8 Å². The summed E-state index contributed by atoms with van der Waals surface area (Å²) >= 11 is 0. The Hall–Kier alpha value is -3.41. The smallest absolute Gasteiger partial charge is 0.272 e. The van der Waals surface area contributed by atoms with Gasteiger partial charge in [-0.25, -0.2) is 0 Å². The predicted octanol–water partition coefficient (Wildman–Crippen LogP) is 1.90. The van der Waals surface area contributed by atoms with Crippen molar-refractivity contribution in [3.8, 4) is 0 Å². The number of anilines is 1. The molecule has 0 fully saturated rings. The lowest BCUT2D eigenvalue weighted by Gasteiger charge is -2.12. The van der Waals surface area contributed by atoms with E-state index < -0.39 is 11.8 Å². The van der Waals surface area contributed by atoms with Crippen molar-refractivity contribution in [1.29, 1.82) is 0 Å². The molecule has 0 radical (unpaired) electrons. The fraction of sp³-hybridized carbons (Fsp3) is 0.0556. The average molecular weight is 323 g/mol. The molecule has 0 aliphatic heterocycles. The van der Waals surface area contributed by atoms with Gasteiger partial charge in [0.2, 0.25) is 5.91 Å². The standard InChI is InChI=1S/C18H17N3O3/c1-12(22)20-16(11-13-7-3-2-4-8-13)18(24)21-15-10-6-5-9-14(15)17(19)23/h2-11H,1H3,(H2,19,23)(H,20,22)(H,21,24). The average Bonchev–Trinajstić information content (AvgIpc) is 2.55. The minimum Gasteiger partial charge on any atom is -0.366 e. The largest absolute Gasteiger partial charge is 0.366 e. The molecule has 0 aromatic heterocycles. The Kier molecular flexibility index (Phi) is 5.46. The Labute approximate surface area is 139 Å². The van der Waals surface area contributed by atoms with Crippen LogP contribution in [-0.4, -0.2) is 17.7 Å². The van der Waals surface area contributed by atoms with Crippen molar-refractivity contribution in [3.05, 3.63) is 71.4 Å². The van der Waals surface area contributed by atoms with E-state index in [2.05, 4.69) is 10.6 Å². The van der Waals surface area contributed by atoms with Crippen molar-refractivity contribution in [1.82, 2.24) is 5.32 Å². The summed E-state index contributed by atoms with van der Waals surface area (Å²) in [6.45, 7) is 1.31. The van der Waals surface area contributed by atoms with E-state index in [4.69, 9.17) is 5.73 Å². The Morgan fingerprint density at radius 1 is 0.958 bits per heavy atom. The van der Waals surface area contributed by atoms with Gasteiger partial charge >= 0.3 is 0 Å². The summed E-state index contributed by atoms with van der Waals surface area (Å²) in [6.07, 6.45) is 1.55. The third kappa shape index (κ3) is 4.54. The zero-order valence-electron chi connectivity index (χ0n) is 13.1. The summed E-state index contributed by atoms with van der Waals surface area (Å²) < 4.78 is 0. The SMILES string of the molecule is CC(=O)NC(=Cc1ccccc1)C(=O)Nc1ccccc1C(N)=O. The first kappa shape index (κ1) is 17.0. The van der Waals surface area contributed by atoms with Crippen LogP contribution in [0.4, 0.5) is 5.69 Å². The summed E-state index contributed by atoms with van der Waals surface area (Å²) in [7, 11) is 0. The number of primary amides is 1. The highest BCUT2D eigenvalue weighted by Crippen LogP contribution is 2.15. The molecule has 0 aliphatic carbocycles. The van der Waals surface area contributed by atoms with Crippen LogP contribution in [0.1, 0.15) is 22.8 Å². The van der Waals surface area contributed by atoms with Gasteiger partial charge in [-0.2, -0.15) is 0 Å². The molecular weight excluding hydrogens is 306 g/mol. The van der Waals surface area contributed by atoms with E-state index in [1.54, 1.807) is 36.4 Å². The van der Waals surface area contributed by atoms with Gasteiger partial charge in [0, 0.05) is 6.92 Å². The summed E-state index contributed by atoms with van der Waals surface area (Å²) in [5.41, 5.74) is 6.57. The molecule has 4 N–H and O–H groups in total. The van der Waals surface area contributed by atoms with Gasteiger partial charge < -0.3 is 16.4 Å². The lowest BCUT2D eigenvalue weighted by molar-refractivity contribution is -0.120. The van der Waals surface area contributed by atoms with Crippen molar-refractivity contribution in [2.24, 2.45) is 5.73 Å². The van der Waals surface area contributed by atoms with Crippen molar-refractivity contribution in [2.45, 2.75) is 6.92 Å². The van der Waals surface area contributed by atoms with Gasteiger partial charge in [-0.3, -0.25) is 14.4 Å². The van der Waals surface area contributed by atoms with Crippen LogP contribution in [0, 0.1) is 0 Å². The lowest BCUT2D eigenvalue weighted by atomic mass is 10.1. The van der Waals surface area contributed by atoms with E-state index in [1.807, 2.05) is 18.2 Å². The number of rotatable bonds is 5. The monoisotopic (exact) mass is 323 g/mol. The Bertz CT molecular complexity index is 798. The second-order valence-electron chi connectivity index (χ2n) is 5.01. The summed E-state index contributed by atoms with van der Waals surface area (Å²) in [5, 5.41) is 5.09. The van der Waals surface area contributed by atoms with E-state index in [1.165, 1.54) is 13.0 Å². The van der Waals surface area contributed by atoms with Gasteiger partial charge in [0.1, 0.15) is 5.70 Å². The molecule has 3 amide bonds. The Balaban J connectivity index is 2.31. The first-order valence-electron chi connectivity index (χ1n) is 7.22. The second-order valence-corrected chi connectivity index (χ2v) is 5.01. The third-order valence-electron chi connectivity index (χ3n) is 3.11. The predicted molar refractivity (Wildman–Crippen MR) is 91.8 cm³/mol. The molecule has 0 aliphatic rings. The quantitative estimate of drug-likeness (QED) is 0.732. The summed E-state index contributed by atoms with van der Waals surface area (Å²) in [5.74, 6) is -1.59. The van der Waals surface area contributed by atoms with Crippen LogP contribution in [0.2, 0.25) is 0 Å². The van der Waals surface area contributed by atoms with Gasteiger partial charge in [-0.15, -0.1) is 0 Å². The number of para-hydroxylation sites is 1. The Morgan fingerprint density at radius 3 is 2.21 bits per heavy atom. The van der Waals surface area contributed by atoms with Crippen LogP contribution in [0.25, 0.3) is 6.08 Å². The second kappa shape index (κ2) is 7.73. The molecule has 6 heteroatoms. The fourth-order valence-corrected chi connectivity index (χ4v) is 2.06. The number of hydrogen-bond donors (Lipinski definition) is 3. The van der Waals surface area contributed by atoms with Gasteiger partial charge in [0.05, 0.1) is 11.3 Å². The summed E-state index contributed by atoms with van der Waals surface area (Å²) in [6, 6.07) is 15.5. The highest BCUT2D eigenvalue weighted by Gasteiger charge is 2.15. The van der Waals surface area contributed by atoms with Crippen LogP contribution in [-0.2, 0) is 9.59 Å². The van der Waals surface area contributed by atoms with Crippen molar-refractivity contribution >= 4 is 29.5 Å². The third-order valence-corrected chi connectivity index (χ3v) is 3.11. The van der Waals surface area contributed by atoms with Crippen molar-refractivity contribution in [3.63, 3.8) is 0 Å². The topological polar surface area (TPSA) is 101 Å². The maximum Gasteiger partial charge on any atom is 0.272 e. The molecule has 0 unspecified atom stereocenters. The number of nitrogens with one attached hydrogen (secondary N) is 2. The summed E-state index contributed by atoms with van der Waals surface area (Å²) in [4.78, 5) is 35.3. The van der Waals surface area contributed by atoms with E-state index in [0.29, 0.717) is 0 Å². The van der Waals surface area contributed by atoms with Gasteiger partial charge in [-0.1, -0.05) is 42.5 Å². The normalized spacial score (nSPS) is 10.8. The maximum atomic E-state index is 12.5. The van der Waals surface area contributed by atoms with E-state index in [9.17, 15) is 14.4 Å². The molecule has 0 heterocycles. The van der Waals surface area contributed by atoms with Crippen molar-refractivity contribution in [2.75, 3.05) is 5.32 Å². The molecule has 2 rings (SSSR count). The molecule has 2 aromatic carbocycles. The number of hydrogen-bond acceptors (Lipinski definition) is 3. The van der Waals surface area contributed by atoms with Crippen LogP contribution in [0.3, 0.4) is 0 Å². The van der Waals surface area contributed by atoms with E-state index in [0.717, 1.165) is 5.56 Å². The molecule has 122 valence electrons. The molecule has 24 heavy (non-hydrogen) atoms. The maximum absolute atomic E-state index is 12.5. The zero-order chi connectivity index (χ0) is 17.5. The molecule has 0 bridgehead atoms. The molecule has 0 saturated carbocycles. The van der Waals surface area contributed by atoms with Crippen LogP contribution in [0.5, 0.6) is 0 Å². The van der Waals surface area contributed by atoms with Gasteiger partial charge in [0.15, 0.2) is 0 Å². The highest BCUT2D eigenvalue weighted by atomic mass is 16.2. The molecule has 2 aromatic rings. The van der Waals surface area contributed by atoms with Crippen LogP contribution in [0.15, 0.2) is 60.3 Å². The fourth-order valence-electron chi connectivity index (χ4n) is 2.06. The number of nitrogens with two attached hydrogens (primary N) is 1. The van der Waals surface area contributed by atoms with Gasteiger partial charge in [0.25, 0.3) is 11.8 Å². The number of amides is 3. The molecule has 6 nitrogen and oxygen atoms in total. The lowest BCUT2D eigenvalue weighted by Crippen LogP contribution is -2.29. The molecule has 0 saturated heterocycles. The van der Waals surface area contributed by atoms with E-state index >= 15 is 0 Å². The molecular formula is C18H17N3O3.